The van der Waals surface area contributed by atoms with Gasteiger partial charge >= 0.3 is 0 Å². The van der Waals surface area contributed by atoms with Crippen LogP contribution in [0.4, 0.5) is 0 Å². The lowest BCUT2D eigenvalue weighted by Gasteiger charge is -2.05. The van der Waals surface area contributed by atoms with Crippen LogP contribution < -0.4 is 0 Å². The highest BCUT2D eigenvalue weighted by Crippen LogP contribution is 2.28. The number of ether oxygens (including phenoxy) is 1. The molecule has 2 aromatic rings. The van der Waals surface area contributed by atoms with E-state index < -0.39 is 0 Å². The van der Waals surface area contributed by atoms with Crippen molar-refractivity contribution in [3.63, 3.8) is 0 Å². The third-order valence-electron chi connectivity index (χ3n) is 2.51. The van der Waals surface area contributed by atoms with Gasteiger partial charge in [0.1, 0.15) is 0 Å². The molecular formula is C14H13BrO. The molecule has 0 N–H and O–H groups in total. The molecule has 0 saturated heterocycles. The molecule has 0 amide bonds. The van der Waals surface area contributed by atoms with Crippen molar-refractivity contribution in [2.75, 3.05) is 7.11 Å². The maximum atomic E-state index is 4.90. The van der Waals surface area contributed by atoms with Crippen molar-refractivity contribution >= 4 is 26.7 Å². The minimum absolute atomic E-state index is 0.874. The second-order valence-electron chi connectivity index (χ2n) is 3.57. The summed E-state index contributed by atoms with van der Waals surface area (Å²) in [5.74, 6) is 0. The SMILES string of the molecule is CO/C=C/Cc1ccc2ccccc2c1Br. The Morgan fingerprint density at radius 3 is 2.81 bits per heavy atom. The Kier molecular flexibility index (Phi) is 3.62. The van der Waals surface area contributed by atoms with Crippen molar-refractivity contribution in [2.45, 2.75) is 6.42 Å². The molecule has 0 saturated carbocycles. The molecule has 0 bridgehead atoms. The Bertz CT molecular complexity index is 517. The van der Waals surface area contributed by atoms with Crippen molar-refractivity contribution in [2.24, 2.45) is 0 Å². The van der Waals surface area contributed by atoms with Gasteiger partial charge in [0.15, 0.2) is 0 Å². The highest BCUT2D eigenvalue weighted by Gasteiger charge is 2.02. The summed E-state index contributed by atoms with van der Waals surface area (Å²) >= 11 is 3.66. The summed E-state index contributed by atoms with van der Waals surface area (Å²) < 4.78 is 6.07. The number of hydrogen-bond acceptors (Lipinski definition) is 1. The lowest BCUT2D eigenvalue weighted by atomic mass is 10.1. The van der Waals surface area contributed by atoms with Crippen molar-refractivity contribution in [3.05, 3.63) is 58.8 Å². The van der Waals surface area contributed by atoms with Crippen molar-refractivity contribution in [1.82, 2.24) is 0 Å². The van der Waals surface area contributed by atoms with E-state index in [1.54, 1.807) is 13.4 Å². The van der Waals surface area contributed by atoms with E-state index in [-0.39, 0.29) is 0 Å². The van der Waals surface area contributed by atoms with E-state index in [4.69, 9.17) is 4.74 Å². The molecule has 2 rings (SSSR count). The zero-order chi connectivity index (χ0) is 11.4. The number of benzene rings is 2. The summed E-state index contributed by atoms with van der Waals surface area (Å²) in [7, 11) is 1.66. The van der Waals surface area contributed by atoms with Gasteiger partial charge in [-0.25, -0.2) is 0 Å². The zero-order valence-corrected chi connectivity index (χ0v) is 10.7. The maximum Gasteiger partial charge on any atom is 0.0788 e. The molecule has 0 spiro atoms. The van der Waals surface area contributed by atoms with Crippen LogP contribution in [0.1, 0.15) is 5.56 Å². The summed E-state index contributed by atoms with van der Waals surface area (Å²) in [5.41, 5.74) is 1.27. The summed E-state index contributed by atoms with van der Waals surface area (Å²) in [6.45, 7) is 0. The van der Waals surface area contributed by atoms with E-state index in [0.29, 0.717) is 0 Å². The topological polar surface area (TPSA) is 9.23 Å². The van der Waals surface area contributed by atoms with Crippen LogP contribution in [-0.2, 0) is 11.2 Å². The molecule has 0 aliphatic rings. The highest BCUT2D eigenvalue weighted by molar-refractivity contribution is 9.10. The fourth-order valence-electron chi connectivity index (χ4n) is 1.71. The summed E-state index contributed by atoms with van der Waals surface area (Å²) in [6, 6.07) is 12.7. The standard InChI is InChI=1S/C14H13BrO/c1-16-10-4-6-12-9-8-11-5-2-3-7-13(11)14(12)15/h2-5,7-10H,6H2,1H3/b10-4+. The third kappa shape index (κ3) is 2.27. The molecule has 0 unspecified atom stereocenters. The van der Waals surface area contributed by atoms with Crippen LogP contribution in [0.15, 0.2) is 53.2 Å². The molecule has 0 aliphatic carbocycles. The molecule has 0 radical (unpaired) electrons. The van der Waals surface area contributed by atoms with Gasteiger partial charge in [0.2, 0.25) is 0 Å². The second kappa shape index (κ2) is 5.17. The molecule has 0 heterocycles. The number of hydrogen-bond donors (Lipinski definition) is 0. The maximum absolute atomic E-state index is 4.90. The van der Waals surface area contributed by atoms with Crippen molar-refractivity contribution < 1.29 is 4.74 Å². The first kappa shape index (κ1) is 11.2. The lowest BCUT2D eigenvalue weighted by molar-refractivity contribution is 0.337. The monoisotopic (exact) mass is 276 g/mol. The Morgan fingerprint density at radius 1 is 1.19 bits per heavy atom. The van der Waals surface area contributed by atoms with Crippen molar-refractivity contribution in [3.8, 4) is 0 Å². The quantitative estimate of drug-likeness (QED) is 0.760. The molecule has 2 aromatic carbocycles. The molecule has 0 fully saturated rings. The second-order valence-corrected chi connectivity index (χ2v) is 4.36. The molecule has 0 aliphatic heterocycles. The fourth-order valence-corrected chi connectivity index (χ4v) is 2.36. The predicted octanol–water partition coefficient (Wildman–Crippen LogP) is 4.30. The number of halogens is 1. The van der Waals surface area contributed by atoms with E-state index in [9.17, 15) is 0 Å². The molecule has 2 heteroatoms. The zero-order valence-electron chi connectivity index (χ0n) is 9.11. The Hall–Kier alpha value is -1.28. The molecule has 1 nitrogen and oxygen atoms in total. The first-order chi connectivity index (χ1) is 7.83. The number of fused-ring (bicyclic) bond motifs is 1. The Labute approximate surface area is 104 Å². The largest absolute Gasteiger partial charge is 0.505 e. The summed E-state index contributed by atoms with van der Waals surface area (Å²) in [6.07, 6.45) is 4.59. The third-order valence-corrected chi connectivity index (χ3v) is 3.45. The van der Waals surface area contributed by atoms with Crippen LogP contribution in [0.3, 0.4) is 0 Å². The number of allylic oxidation sites excluding steroid dienone is 1. The molecule has 0 atom stereocenters. The highest BCUT2D eigenvalue weighted by atomic mass is 79.9. The van der Waals surface area contributed by atoms with Crippen molar-refractivity contribution in [1.29, 1.82) is 0 Å². The normalized spacial score (nSPS) is 11.1. The van der Waals surface area contributed by atoms with E-state index in [0.717, 1.165) is 6.42 Å². The minimum Gasteiger partial charge on any atom is -0.505 e. The van der Waals surface area contributed by atoms with E-state index in [1.807, 2.05) is 6.08 Å². The van der Waals surface area contributed by atoms with Crippen LogP contribution >= 0.6 is 15.9 Å². The van der Waals surface area contributed by atoms with Gasteiger partial charge in [0, 0.05) is 4.47 Å². The van der Waals surface area contributed by atoms with E-state index in [2.05, 4.69) is 52.3 Å². The van der Waals surface area contributed by atoms with Gasteiger partial charge in [-0.3, -0.25) is 0 Å². The predicted molar refractivity (Wildman–Crippen MR) is 71.5 cm³/mol. The van der Waals surface area contributed by atoms with Gasteiger partial charge in [-0.1, -0.05) is 36.4 Å². The van der Waals surface area contributed by atoms with Crippen LogP contribution in [0.25, 0.3) is 10.8 Å². The lowest BCUT2D eigenvalue weighted by Crippen LogP contribution is -1.85. The first-order valence-electron chi connectivity index (χ1n) is 5.17. The Morgan fingerprint density at radius 2 is 2.00 bits per heavy atom. The Balaban J connectivity index is 2.40. The van der Waals surface area contributed by atoms with Gasteiger partial charge in [-0.2, -0.15) is 0 Å². The van der Waals surface area contributed by atoms with Crippen LogP contribution in [0.2, 0.25) is 0 Å². The number of rotatable bonds is 3. The first-order valence-corrected chi connectivity index (χ1v) is 5.96. The van der Waals surface area contributed by atoms with E-state index >= 15 is 0 Å². The van der Waals surface area contributed by atoms with Gasteiger partial charge in [0.05, 0.1) is 13.4 Å². The minimum atomic E-state index is 0.874. The van der Waals surface area contributed by atoms with Gasteiger partial charge in [-0.05, 0) is 44.8 Å². The van der Waals surface area contributed by atoms with Crippen LogP contribution in [0.5, 0.6) is 0 Å². The smallest absolute Gasteiger partial charge is 0.0788 e. The van der Waals surface area contributed by atoms with Crippen LogP contribution in [0, 0.1) is 0 Å². The van der Waals surface area contributed by atoms with E-state index in [1.165, 1.54) is 20.8 Å². The molecule has 16 heavy (non-hydrogen) atoms. The molecular weight excluding hydrogens is 264 g/mol. The van der Waals surface area contributed by atoms with Gasteiger partial charge in [0.25, 0.3) is 0 Å². The fraction of sp³-hybridized carbons (Fsp3) is 0.143. The van der Waals surface area contributed by atoms with Gasteiger partial charge < -0.3 is 4.74 Å². The molecule has 0 aromatic heterocycles. The molecule has 82 valence electrons. The average Bonchev–Trinajstić information content (AvgIpc) is 2.33. The van der Waals surface area contributed by atoms with Gasteiger partial charge in [-0.15, -0.1) is 0 Å². The van der Waals surface area contributed by atoms with Crippen LogP contribution in [-0.4, -0.2) is 7.11 Å². The summed E-state index contributed by atoms with van der Waals surface area (Å²) in [4.78, 5) is 0. The average molecular weight is 277 g/mol. The number of methoxy groups -OCH3 is 1. The summed E-state index contributed by atoms with van der Waals surface area (Å²) in [5, 5.41) is 2.51.